The van der Waals surface area contributed by atoms with Crippen molar-refractivity contribution >= 4 is 15.9 Å². The van der Waals surface area contributed by atoms with E-state index in [2.05, 4.69) is 12.2 Å². The number of amides is 1. The van der Waals surface area contributed by atoms with Crippen molar-refractivity contribution < 1.29 is 17.6 Å². The molecule has 1 aromatic rings. The molecule has 1 aliphatic heterocycles. The first-order chi connectivity index (χ1) is 12.9. The second-order valence-corrected chi connectivity index (χ2v) is 9.51. The summed E-state index contributed by atoms with van der Waals surface area (Å²) in [5.41, 5.74) is 0. The number of halogens is 1. The fraction of sp³-hybridized carbons (Fsp3) is 0.632. The molecule has 27 heavy (non-hydrogen) atoms. The van der Waals surface area contributed by atoms with E-state index in [1.807, 2.05) is 4.90 Å². The van der Waals surface area contributed by atoms with E-state index in [9.17, 15) is 17.6 Å². The monoisotopic (exact) mass is 397 g/mol. The zero-order valence-electron chi connectivity index (χ0n) is 15.7. The summed E-state index contributed by atoms with van der Waals surface area (Å²) in [6, 6.07) is 5.32. The number of hydrogen-bond donors (Lipinski definition) is 1. The van der Waals surface area contributed by atoms with Crippen LogP contribution in [0.15, 0.2) is 29.2 Å². The highest BCUT2D eigenvalue weighted by atomic mass is 32.2. The second-order valence-electron chi connectivity index (χ2n) is 7.57. The zero-order valence-corrected chi connectivity index (χ0v) is 16.5. The zero-order chi connectivity index (χ0) is 19.4. The van der Waals surface area contributed by atoms with Gasteiger partial charge in [-0.3, -0.25) is 9.69 Å². The van der Waals surface area contributed by atoms with Crippen molar-refractivity contribution in [3.63, 3.8) is 0 Å². The van der Waals surface area contributed by atoms with Crippen molar-refractivity contribution in [1.29, 1.82) is 0 Å². The molecular weight excluding hydrogens is 369 g/mol. The quantitative estimate of drug-likeness (QED) is 0.823. The molecule has 1 aromatic carbocycles. The number of carbonyl (C=O) groups is 1. The van der Waals surface area contributed by atoms with Crippen LogP contribution in [0.3, 0.4) is 0 Å². The first-order valence-corrected chi connectivity index (χ1v) is 11.1. The van der Waals surface area contributed by atoms with Crippen molar-refractivity contribution in [1.82, 2.24) is 14.5 Å². The van der Waals surface area contributed by atoms with Gasteiger partial charge in [0.2, 0.25) is 15.9 Å². The number of piperazine rings is 1. The average Bonchev–Trinajstić information content (AvgIpc) is 2.64. The lowest BCUT2D eigenvalue weighted by Gasteiger charge is -2.34. The van der Waals surface area contributed by atoms with Gasteiger partial charge in [0.25, 0.3) is 0 Å². The van der Waals surface area contributed by atoms with Crippen LogP contribution in [0, 0.1) is 11.7 Å². The smallest absolute Gasteiger partial charge is 0.243 e. The average molecular weight is 398 g/mol. The molecule has 6 nitrogen and oxygen atoms in total. The fourth-order valence-electron chi connectivity index (χ4n) is 3.89. The lowest BCUT2D eigenvalue weighted by molar-refractivity contribution is -0.123. The molecule has 1 saturated carbocycles. The number of benzene rings is 1. The maximum atomic E-state index is 13.4. The van der Waals surface area contributed by atoms with Gasteiger partial charge in [0.05, 0.1) is 11.4 Å². The summed E-state index contributed by atoms with van der Waals surface area (Å²) >= 11 is 0. The Morgan fingerprint density at radius 3 is 2.56 bits per heavy atom. The van der Waals surface area contributed by atoms with E-state index in [0.717, 1.165) is 25.3 Å². The Morgan fingerprint density at radius 1 is 1.19 bits per heavy atom. The highest BCUT2D eigenvalue weighted by molar-refractivity contribution is 7.89. The van der Waals surface area contributed by atoms with Crippen LogP contribution in [-0.2, 0) is 14.8 Å². The summed E-state index contributed by atoms with van der Waals surface area (Å²) in [6.07, 6.45) is 4.58. The van der Waals surface area contributed by atoms with E-state index in [-0.39, 0.29) is 23.4 Å². The second kappa shape index (κ2) is 8.67. The maximum Gasteiger partial charge on any atom is 0.243 e. The first-order valence-electron chi connectivity index (χ1n) is 9.64. The summed E-state index contributed by atoms with van der Waals surface area (Å²) < 4.78 is 40.0. The molecule has 1 heterocycles. The van der Waals surface area contributed by atoms with Crippen LogP contribution in [0.2, 0.25) is 0 Å². The van der Waals surface area contributed by atoms with Gasteiger partial charge >= 0.3 is 0 Å². The Morgan fingerprint density at radius 2 is 1.89 bits per heavy atom. The van der Waals surface area contributed by atoms with Crippen LogP contribution in [-0.4, -0.2) is 62.3 Å². The third kappa shape index (κ3) is 5.06. The Bertz CT molecular complexity index is 763. The molecule has 0 radical (unpaired) electrons. The van der Waals surface area contributed by atoms with Crippen LogP contribution in [0.1, 0.15) is 32.6 Å². The summed E-state index contributed by atoms with van der Waals surface area (Å²) in [7, 11) is -3.70. The molecule has 3 rings (SSSR count). The highest BCUT2D eigenvalue weighted by Gasteiger charge is 2.30. The van der Waals surface area contributed by atoms with Gasteiger partial charge in [-0.1, -0.05) is 25.8 Å². The summed E-state index contributed by atoms with van der Waals surface area (Å²) in [6.45, 7) is 4.04. The predicted octanol–water partition coefficient (Wildman–Crippen LogP) is 1.83. The number of hydrogen-bond acceptors (Lipinski definition) is 4. The van der Waals surface area contributed by atoms with Gasteiger partial charge in [0.1, 0.15) is 5.82 Å². The number of nitrogens with one attached hydrogen (secondary N) is 1. The fourth-order valence-corrected chi connectivity index (χ4v) is 5.34. The third-order valence-electron chi connectivity index (χ3n) is 5.59. The largest absolute Gasteiger partial charge is 0.352 e. The van der Waals surface area contributed by atoms with Gasteiger partial charge in [-0.2, -0.15) is 4.31 Å². The van der Waals surface area contributed by atoms with E-state index >= 15 is 0 Å². The minimum Gasteiger partial charge on any atom is -0.352 e. The minimum absolute atomic E-state index is 0.00943. The Kier molecular flexibility index (Phi) is 6.49. The van der Waals surface area contributed by atoms with Gasteiger partial charge in [-0.15, -0.1) is 0 Å². The minimum atomic E-state index is -3.70. The summed E-state index contributed by atoms with van der Waals surface area (Å²) in [5, 5.41) is 3.14. The number of carbonyl (C=O) groups excluding carboxylic acids is 1. The van der Waals surface area contributed by atoms with Crippen molar-refractivity contribution in [3.05, 3.63) is 30.1 Å². The van der Waals surface area contributed by atoms with Crippen LogP contribution in [0.5, 0.6) is 0 Å². The molecule has 2 atom stereocenters. The van der Waals surface area contributed by atoms with E-state index in [1.165, 1.54) is 28.9 Å². The van der Waals surface area contributed by atoms with Crippen molar-refractivity contribution in [2.75, 3.05) is 32.7 Å². The number of nitrogens with zero attached hydrogens (tertiary/aromatic N) is 2. The van der Waals surface area contributed by atoms with Crippen LogP contribution in [0.25, 0.3) is 0 Å². The SMILES string of the molecule is C[C@H]1CCCC[C@@H]1NC(=O)CN1CCN(S(=O)(=O)c2cccc(F)c2)CC1. The number of rotatable bonds is 5. The van der Waals surface area contributed by atoms with E-state index < -0.39 is 15.8 Å². The van der Waals surface area contributed by atoms with Gasteiger partial charge in [-0.05, 0) is 37.0 Å². The van der Waals surface area contributed by atoms with Gasteiger partial charge in [0.15, 0.2) is 0 Å². The number of sulfonamides is 1. The van der Waals surface area contributed by atoms with Crippen molar-refractivity contribution in [2.45, 2.75) is 43.5 Å². The normalized spacial score (nSPS) is 25.3. The van der Waals surface area contributed by atoms with E-state index in [1.54, 1.807) is 0 Å². The van der Waals surface area contributed by atoms with E-state index in [0.29, 0.717) is 32.1 Å². The Hall–Kier alpha value is -1.51. The lowest BCUT2D eigenvalue weighted by Crippen LogP contribution is -2.52. The Balaban J connectivity index is 1.50. The van der Waals surface area contributed by atoms with Crippen LogP contribution < -0.4 is 5.32 Å². The molecule has 1 aliphatic carbocycles. The molecule has 0 bridgehead atoms. The molecule has 1 N–H and O–H groups in total. The van der Waals surface area contributed by atoms with Gasteiger partial charge < -0.3 is 5.32 Å². The maximum absolute atomic E-state index is 13.4. The van der Waals surface area contributed by atoms with Gasteiger partial charge in [0, 0.05) is 32.2 Å². The Labute approximate surface area is 160 Å². The topological polar surface area (TPSA) is 69.7 Å². The molecule has 0 aromatic heterocycles. The third-order valence-corrected chi connectivity index (χ3v) is 7.48. The highest BCUT2D eigenvalue weighted by Crippen LogP contribution is 2.23. The molecule has 150 valence electrons. The molecule has 1 saturated heterocycles. The summed E-state index contributed by atoms with van der Waals surface area (Å²) in [5.74, 6) is -0.0468. The molecule has 0 unspecified atom stereocenters. The molecule has 8 heteroatoms. The first kappa shape index (κ1) is 20.2. The standard InChI is InChI=1S/C19H28FN3O3S/c1-15-5-2-3-8-18(15)21-19(24)14-22-9-11-23(12-10-22)27(25,26)17-7-4-6-16(20)13-17/h4,6-7,13,15,18H,2-3,5,8-12,14H2,1H3,(H,21,24)/t15-,18-/m0/s1. The van der Waals surface area contributed by atoms with Gasteiger partial charge in [-0.25, -0.2) is 12.8 Å². The van der Waals surface area contributed by atoms with E-state index in [4.69, 9.17) is 0 Å². The molecule has 1 amide bonds. The molecule has 0 spiro atoms. The van der Waals surface area contributed by atoms with Crippen molar-refractivity contribution in [3.8, 4) is 0 Å². The summed E-state index contributed by atoms with van der Waals surface area (Å²) in [4.78, 5) is 14.3. The lowest BCUT2D eigenvalue weighted by atomic mass is 9.86. The van der Waals surface area contributed by atoms with Crippen molar-refractivity contribution in [2.24, 2.45) is 5.92 Å². The van der Waals surface area contributed by atoms with Crippen LogP contribution >= 0.6 is 0 Å². The molecule has 2 fully saturated rings. The molecule has 2 aliphatic rings. The molecular formula is C19H28FN3O3S. The van der Waals surface area contributed by atoms with Crippen LogP contribution in [0.4, 0.5) is 4.39 Å². The predicted molar refractivity (Wildman–Crippen MR) is 101 cm³/mol.